The quantitative estimate of drug-likeness (QED) is 0.548. The highest BCUT2D eigenvalue weighted by Gasteiger charge is 2.35. The average molecular weight is 251 g/mol. The Bertz CT molecular complexity index is 325. The monoisotopic (exact) mass is 251 g/mol. The van der Waals surface area contributed by atoms with Crippen LogP contribution < -0.4 is 11.3 Å². The predicted molar refractivity (Wildman–Crippen MR) is 74.0 cm³/mol. The molecule has 0 spiro atoms. The number of hydrogen-bond acceptors (Lipinski definition) is 4. The molecule has 1 rings (SSSR count). The number of nitrogens with one attached hydrogen (secondary N) is 1. The molecule has 1 aromatic heterocycles. The van der Waals surface area contributed by atoms with Crippen molar-refractivity contribution in [2.45, 2.75) is 51.7 Å². The van der Waals surface area contributed by atoms with Gasteiger partial charge in [-0.3, -0.25) is 16.3 Å². The molecule has 4 nitrogen and oxygen atoms in total. The molecular formula is C14H25N3O. The molecule has 0 amide bonds. The van der Waals surface area contributed by atoms with Gasteiger partial charge in [-0.15, -0.1) is 0 Å². The molecule has 1 aromatic rings. The van der Waals surface area contributed by atoms with Gasteiger partial charge in [0, 0.05) is 19.0 Å². The van der Waals surface area contributed by atoms with Crippen LogP contribution in [0, 0.1) is 0 Å². The van der Waals surface area contributed by atoms with E-state index in [2.05, 4.69) is 24.3 Å². The van der Waals surface area contributed by atoms with Gasteiger partial charge in [-0.1, -0.05) is 13.8 Å². The van der Waals surface area contributed by atoms with Gasteiger partial charge in [0.25, 0.3) is 0 Å². The van der Waals surface area contributed by atoms with Crippen LogP contribution in [0.25, 0.3) is 0 Å². The maximum Gasteiger partial charge on any atom is 0.0846 e. The fraction of sp³-hybridized carbons (Fsp3) is 0.643. The molecule has 1 unspecified atom stereocenters. The largest absolute Gasteiger partial charge is 0.374 e. The number of aromatic nitrogens is 1. The van der Waals surface area contributed by atoms with Crippen molar-refractivity contribution in [2.75, 3.05) is 6.61 Å². The maximum atomic E-state index is 6.00. The summed E-state index contributed by atoms with van der Waals surface area (Å²) in [6.45, 7) is 7.03. The molecule has 0 saturated heterocycles. The van der Waals surface area contributed by atoms with E-state index in [1.807, 2.05) is 31.5 Å². The van der Waals surface area contributed by atoms with E-state index in [1.165, 1.54) is 5.56 Å². The van der Waals surface area contributed by atoms with Crippen molar-refractivity contribution in [2.24, 2.45) is 5.84 Å². The third-order valence-corrected chi connectivity index (χ3v) is 3.65. The van der Waals surface area contributed by atoms with E-state index >= 15 is 0 Å². The second-order valence-electron chi connectivity index (χ2n) is 4.48. The lowest BCUT2D eigenvalue weighted by molar-refractivity contribution is -0.0719. The third kappa shape index (κ3) is 3.51. The Balaban J connectivity index is 2.85. The zero-order valence-corrected chi connectivity index (χ0v) is 11.6. The smallest absolute Gasteiger partial charge is 0.0846 e. The van der Waals surface area contributed by atoms with Crippen LogP contribution in [0.4, 0.5) is 0 Å². The maximum absolute atomic E-state index is 6.00. The summed E-state index contributed by atoms with van der Waals surface area (Å²) in [6, 6.07) is 4.15. The molecular weight excluding hydrogens is 226 g/mol. The topological polar surface area (TPSA) is 60.2 Å². The standard InChI is InChI=1S/C14H25N3O/c1-4-14(5-2,18-6-3)13(17-15)11-12-7-9-16-10-8-12/h7-10,13,17H,4-6,11,15H2,1-3H3. The van der Waals surface area contributed by atoms with Crippen LogP contribution in [-0.2, 0) is 11.2 Å². The first kappa shape index (κ1) is 15.1. The van der Waals surface area contributed by atoms with Gasteiger partial charge in [0.1, 0.15) is 0 Å². The first-order valence-corrected chi connectivity index (χ1v) is 6.71. The summed E-state index contributed by atoms with van der Waals surface area (Å²) in [4.78, 5) is 4.03. The van der Waals surface area contributed by atoms with Gasteiger partial charge >= 0.3 is 0 Å². The van der Waals surface area contributed by atoms with Gasteiger partial charge in [-0.2, -0.15) is 0 Å². The number of ether oxygens (including phenoxy) is 1. The van der Waals surface area contributed by atoms with Gasteiger partial charge in [0.2, 0.25) is 0 Å². The molecule has 102 valence electrons. The highest BCUT2D eigenvalue weighted by molar-refractivity contribution is 5.13. The van der Waals surface area contributed by atoms with Crippen molar-refractivity contribution in [3.63, 3.8) is 0 Å². The fourth-order valence-electron chi connectivity index (χ4n) is 2.49. The summed E-state index contributed by atoms with van der Waals surface area (Å²) in [5.41, 5.74) is 3.95. The molecule has 0 aliphatic heterocycles. The van der Waals surface area contributed by atoms with E-state index in [1.54, 1.807) is 0 Å². The van der Waals surface area contributed by atoms with Crippen LogP contribution in [0.1, 0.15) is 39.2 Å². The Morgan fingerprint density at radius 1 is 1.28 bits per heavy atom. The highest BCUT2D eigenvalue weighted by atomic mass is 16.5. The van der Waals surface area contributed by atoms with Crippen molar-refractivity contribution < 1.29 is 4.74 Å². The van der Waals surface area contributed by atoms with Crippen LogP contribution in [0.15, 0.2) is 24.5 Å². The SMILES string of the molecule is CCOC(CC)(CC)C(Cc1ccncc1)NN. The van der Waals surface area contributed by atoms with E-state index in [0.29, 0.717) is 6.61 Å². The first-order valence-electron chi connectivity index (χ1n) is 6.71. The second-order valence-corrected chi connectivity index (χ2v) is 4.48. The van der Waals surface area contributed by atoms with Crippen molar-refractivity contribution in [3.8, 4) is 0 Å². The van der Waals surface area contributed by atoms with Gasteiger partial charge in [-0.25, -0.2) is 0 Å². The van der Waals surface area contributed by atoms with E-state index in [-0.39, 0.29) is 11.6 Å². The minimum Gasteiger partial charge on any atom is -0.374 e. The fourth-order valence-corrected chi connectivity index (χ4v) is 2.49. The molecule has 0 aliphatic rings. The molecule has 3 N–H and O–H groups in total. The number of nitrogens with two attached hydrogens (primary N) is 1. The minimum absolute atomic E-state index is 0.106. The molecule has 0 aliphatic carbocycles. The van der Waals surface area contributed by atoms with Gasteiger partial charge in [-0.05, 0) is 43.9 Å². The zero-order chi connectivity index (χ0) is 13.4. The molecule has 0 radical (unpaired) electrons. The molecule has 0 aromatic carbocycles. The molecule has 18 heavy (non-hydrogen) atoms. The number of nitrogens with zero attached hydrogens (tertiary/aromatic N) is 1. The van der Waals surface area contributed by atoms with Crippen LogP contribution in [0.3, 0.4) is 0 Å². The molecule has 0 saturated carbocycles. The Hall–Kier alpha value is -0.970. The van der Waals surface area contributed by atoms with Crippen molar-refractivity contribution in [1.29, 1.82) is 0 Å². The Morgan fingerprint density at radius 3 is 2.33 bits per heavy atom. The molecule has 1 heterocycles. The Morgan fingerprint density at radius 2 is 1.89 bits per heavy atom. The normalized spacial score (nSPS) is 13.6. The van der Waals surface area contributed by atoms with E-state index in [9.17, 15) is 0 Å². The number of hydrogen-bond donors (Lipinski definition) is 2. The lowest BCUT2D eigenvalue weighted by Crippen LogP contribution is -2.55. The first-order chi connectivity index (χ1) is 8.72. The summed E-state index contributed by atoms with van der Waals surface area (Å²) < 4.78 is 6.00. The van der Waals surface area contributed by atoms with Gasteiger partial charge in [0.15, 0.2) is 0 Å². The van der Waals surface area contributed by atoms with Gasteiger partial charge < -0.3 is 4.74 Å². The van der Waals surface area contributed by atoms with E-state index < -0.39 is 0 Å². The van der Waals surface area contributed by atoms with Crippen molar-refractivity contribution >= 4 is 0 Å². The lowest BCUT2D eigenvalue weighted by atomic mass is 9.85. The second kappa shape index (κ2) is 7.46. The summed E-state index contributed by atoms with van der Waals surface area (Å²) in [5.74, 6) is 5.74. The van der Waals surface area contributed by atoms with E-state index in [0.717, 1.165) is 19.3 Å². The lowest BCUT2D eigenvalue weighted by Gasteiger charge is -2.39. The summed E-state index contributed by atoms with van der Waals surface area (Å²) in [5, 5.41) is 0. The van der Waals surface area contributed by atoms with Crippen LogP contribution in [-0.4, -0.2) is 23.2 Å². The highest BCUT2D eigenvalue weighted by Crippen LogP contribution is 2.27. The van der Waals surface area contributed by atoms with Crippen molar-refractivity contribution in [1.82, 2.24) is 10.4 Å². The van der Waals surface area contributed by atoms with Crippen LogP contribution >= 0.6 is 0 Å². The molecule has 4 heteroatoms. The Kier molecular flexibility index (Phi) is 6.25. The molecule has 1 atom stereocenters. The Labute approximate surface area is 110 Å². The van der Waals surface area contributed by atoms with Crippen molar-refractivity contribution in [3.05, 3.63) is 30.1 Å². The predicted octanol–water partition coefficient (Wildman–Crippen LogP) is 2.05. The number of rotatable bonds is 8. The van der Waals surface area contributed by atoms with E-state index in [4.69, 9.17) is 10.6 Å². The summed E-state index contributed by atoms with van der Waals surface area (Å²) in [7, 11) is 0. The number of hydrazine groups is 1. The minimum atomic E-state index is -0.202. The van der Waals surface area contributed by atoms with Gasteiger partial charge in [0.05, 0.1) is 11.6 Å². The molecule has 0 fully saturated rings. The summed E-state index contributed by atoms with van der Waals surface area (Å²) in [6.07, 6.45) is 6.35. The number of pyridine rings is 1. The summed E-state index contributed by atoms with van der Waals surface area (Å²) >= 11 is 0. The van der Waals surface area contributed by atoms with Crippen LogP contribution in [0.2, 0.25) is 0 Å². The van der Waals surface area contributed by atoms with Crippen LogP contribution in [0.5, 0.6) is 0 Å². The average Bonchev–Trinajstić information content (AvgIpc) is 2.44. The third-order valence-electron chi connectivity index (χ3n) is 3.65. The molecule has 0 bridgehead atoms. The zero-order valence-electron chi connectivity index (χ0n) is 11.6.